The van der Waals surface area contributed by atoms with Gasteiger partial charge in [-0.15, -0.1) is 0 Å². The van der Waals surface area contributed by atoms with Crippen LogP contribution in [-0.2, 0) is 0 Å². The summed E-state index contributed by atoms with van der Waals surface area (Å²) in [6.07, 6.45) is 1.56. The van der Waals surface area contributed by atoms with Crippen LogP contribution in [0.25, 0.3) is 11.0 Å². The summed E-state index contributed by atoms with van der Waals surface area (Å²) in [4.78, 5) is 19.1. The molecule has 100 valence electrons. The van der Waals surface area contributed by atoms with Crippen molar-refractivity contribution in [3.05, 3.63) is 59.1 Å². The number of aromatic amines is 1. The lowest BCUT2D eigenvalue weighted by atomic mass is 10.2. The van der Waals surface area contributed by atoms with E-state index in [-0.39, 0.29) is 10.9 Å². The van der Waals surface area contributed by atoms with E-state index in [9.17, 15) is 9.18 Å². The predicted octanol–water partition coefficient (Wildman–Crippen LogP) is 3.61. The average Bonchev–Trinajstić information content (AvgIpc) is 2.89. The second kappa shape index (κ2) is 4.94. The Bertz CT molecular complexity index is 800. The largest absolute Gasteiger partial charge is 0.345 e. The average molecular weight is 290 g/mol. The summed E-state index contributed by atoms with van der Waals surface area (Å²) in [5, 5.41) is 2.79. The van der Waals surface area contributed by atoms with E-state index in [0.29, 0.717) is 11.3 Å². The first kappa shape index (κ1) is 12.6. The molecule has 6 heteroatoms. The standard InChI is InChI=1S/C14H9ClFN3O/c15-10-6-9(16)2-4-11(10)19-14(20)8-1-3-12-13(5-8)18-7-17-12/h1-7H,(H,17,18)(H,19,20). The molecule has 1 amide bonds. The van der Waals surface area contributed by atoms with Crippen molar-refractivity contribution in [2.75, 3.05) is 5.32 Å². The summed E-state index contributed by atoms with van der Waals surface area (Å²) >= 11 is 5.87. The summed E-state index contributed by atoms with van der Waals surface area (Å²) < 4.78 is 12.9. The maximum atomic E-state index is 12.9. The Hall–Kier alpha value is -2.40. The third-order valence-electron chi connectivity index (χ3n) is 2.86. The maximum absolute atomic E-state index is 12.9. The fourth-order valence-electron chi connectivity index (χ4n) is 1.86. The molecule has 0 saturated heterocycles. The SMILES string of the molecule is O=C(Nc1ccc(F)cc1Cl)c1ccc2nc[nH]c2c1. The van der Waals surface area contributed by atoms with Crippen molar-refractivity contribution in [1.82, 2.24) is 9.97 Å². The van der Waals surface area contributed by atoms with E-state index in [2.05, 4.69) is 15.3 Å². The first-order valence-corrected chi connectivity index (χ1v) is 6.21. The first-order valence-electron chi connectivity index (χ1n) is 5.83. The van der Waals surface area contributed by atoms with Crippen LogP contribution in [0.4, 0.5) is 10.1 Å². The lowest BCUT2D eigenvalue weighted by Crippen LogP contribution is -2.12. The Morgan fingerprint density at radius 2 is 2.10 bits per heavy atom. The summed E-state index contributed by atoms with van der Waals surface area (Å²) in [7, 11) is 0. The van der Waals surface area contributed by atoms with Crippen LogP contribution in [0.5, 0.6) is 0 Å². The molecule has 3 aromatic rings. The van der Waals surface area contributed by atoms with Gasteiger partial charge in [0.25, 0.3) is 5.91 Å². The highest BCUT2D eigenvalue weighted by atomic mass is 35.5. The van der Waals surface area contributed by atoms with Gasteiger partial charge in [0.05, 0.1) is 28.1 Å². The predicted molar refractivity (Wildman–Crippen MR) is 75.5 cm³/mol. The van der Waals surface area contributed by atoms with Gasteiger partial charge in [-0.1, -0.05) is 11.6 Å². The normalized spacial score (nSPS) is 10.7. The minimum atomic E-state index is -0.452. The quantitative estimate of drug-likeness (QED) is 0.757. The van der Waals surface area contributed by atoms with Crippen LogP contribution in [0.2, 0.25) is 5.02 Å². The van der Waals surface area contributed by atoms with E-state index in [1.54, 1.807) is 24.5 Å². The zero-order valence-corrected chi connectivity index (χ0v) is 10.9. The molecule has 0 aliphatic heterocycles. The number of halogens is 2. The Kier molecular flexibility index (Phi) is 3.12. The van der Waals surface area contributed by atoms with Gasteiger partial charge in [0, 0.05) is 5.56 Å². The lowest BCUT2D eigenvalue weighted by molar-refractivity contribution is 0.102. The maximum Gasteiger partial charge on any atom is 0.255 e. The fourth-order valence-corrected chi connectivity index (χ4v) is 2.08. The minimum absolute atomic E-state index is 0.154. The number of H-pyrrole nitrogens is 1. The molecule has 1 heterocycles. The molecule has 20 heavy (non-hydrogen) atoms. The number of imidazole rings is 1. The van der Waals surface area contributed by atoms with Gasteiger partial charge < -0.3 is 10.3 Å². The number of nitrogens with zero attached hydrogens (tertiary/aromatic N) is 1. The number of fused-ring (bicyclic) bond motifs is 1. The first-order chi connectivity index (χ1) is 9.63. The van der Waals surface area contributed by atoms with Crippen LogP contribution in [0.3, 0.4) is 0 Å². The molecule has 0 bridgehead atoms. The number of amides is 1. The number of anilines is 1. The lowest BCUT2D eigenvalue weighted by Gasteiger charge is -2.07. The topological polar surface area (TPSA) is 57.8 Å². The molecular weight excluding hydrogens is 281 g/mol. The van der Waals surface area contributed by atoms with Gasteiger partial charge in [0.15, 0.2) is 0 Å². The molecule has 0 saturated carbocycles. The molecule has 0 atom stereocenters. The molecule has 0 unspecified atom stereocenters. The summed E-state index contributed by atoms with van der Waals surface area (Å²) in [6.45, 7) is 0. The van der Waals surface area contributed by atoms with E-state index < -0.39 is 5.82 Å². The molecule has 2 N–H and O–H groups in total. The van der Waals surface area contributed by atoms with Gasteiger partial charge >= 0.3 is 0 Å². The van der Waals surface area contributed by atoms with Crippen LogP contribution in [0.1, 0.15) is 10.4 Å². The number of benzene rings is 2. The second-order valence-electron chi connectivity index (χ2n) is 4.21. The van der Waals surface area contributed by atoms with Crippen molar-refractivity contribution in [1.29, 1.82) is 0 Å². The summed E-state index contributed by atoms with van der Waals surface area (Å²) in [6, 6.07) is 8.90. The van der Waals surface area contributed by atoms with Gasteiger partial charge in [0.1, 0.15) is 5.82 Å². The Balaban J connectivity index is 1.88. The van der Waals surface area contributed by atoms with Crippen LogP contribution < -0.4 is 5.32 Å². The van der Waals surface area contributed by atoms with Gasteiger partial charge in [0.2, 0.25) is 0 Å². The minimum Gasteiger partial charge on any atom is -0.345 e. The number of nitrogens with one attached hydrogen (secondary N) is 2. The van der Waals surface area contributed by atoms with E-state index in [4.69, 9.17) is 11.6 Å². The number of hydrogen-bond donors (Lipinski definition) is 2. The molecular formula is C14H9ClFN3O. The van der Waals surface area contributed by atoms with Gasteiger partial charge in [-0.3, -0.25) is 4.79 Å². The van der Waals surface area contributed by atoms with Gasteiger partial charge in [-0.05, 0) is 36.4 Å². The van der Waals surface area contributed by atoms with Crippen molar-refractivity contribution < 1.29 is 9.18 Å². The third-order valence-corrected chi connectivity index (χ3v) is 3.17. The van der Waals surface area contributed by atoms with E-state index in [1.807, 2.05) is 0 Å². The van der Waals surface area contributed by atoms with Gasteiger partial charge in [-0.2, -0.15) is 0 Å². The summed E-state index contributed by atoms with van der Waals surface area (Å²) in [5.41, 5.74) is 2.37. The molecule has 0 aliphatic rings. The fraction of sp³-hybridized carbons (Fsp3) is 0. The molecule has 4 nitrogen and oxygen atoms in total. The Labute approximate surface area is 118 Å². The second-order valence-corrected chi connectivity index (χ2v) is 4.62. The highest BCUT2D eigenvalue weighted by Crippen LogP contribution is 2.23. The number of hydrogen-bond acceptors (Lipinski definition) is 2. The monoisotopic (exact) mass is 289 g/mol. The zero-order chi connectivity index (χ0) is 14.1. The molecule has 0 spiro atoms. The van der Waals surface area contributed by atoms with E-state index in [0.717, 1.165) is 17.1 Å². The number of rotatable bonds is 2. The molecule has 3 rings (SSSR count). The smallest absolute Gasteiger partial charge is 0.255 e. The number of aromatic nitrogens is 2. The van der Waals surface area contributed by atoms with Crippen molar-refractivity contribution in [2.45, 2.75) is 0 Å². The van der Waals surface area contributed by atoms with Crippen molar-refractivity contribution in [3.8, 4) is 0 Å². The zero-order valence-electron chi connectivity index (χ0n) is 10.2. The molecule has 0 radical (unpaired) electrons. The summed E-state index contributed by atoms with van der Waals surface area (Å²) in [5.74, 6) is -0.776. The third kappa shape index (κ3) is 2.35. The molecule has 2 aromatic carbocycles. The van der Waals surface area contributed by atoms with Crippen molar-refractivity contribution >= 4 is 34.2 Å². The van der Waals surface area contributed by atoms with E-state index >= 15 is 0 Å². The number of carbonyl (C=O) groups is 1. The van der Waals surface area contributed by atoms with Crippen LogP contribution >= 0.6 is 11.6 Å². The molecule has 0 aliphatic carbocycles. The Morgan fingerprint density at radius 1 is 1.25 bits per heavy atom. The van der Waals surface area contributed by atoms with E-state index in [1.165, 1.54) is 12.1 Å². The highest BCUT2D eigenvalue weighted by Gasteiger charge is 2.10. The van der Waals surface area contributed by atoms with Crippen molar-refractivity contribution in [3.63, 3.8) is 0 Å². The van der Waals surface area contributed by atoms with Gasteiger partial charge in [-0.25, -0.2) is 9.37 Å². The Morgan fingerprint density at radius 3 is 2.90 bits per heavy atom. The highest BCUT2D eigenvalue weighted by molar-refractivity contribution is 6.33. The van der Waals surface area contributed by atoms with Crippen LogP contribution in [-0.4, -0.2) is 15.9 Å². The van der Waals surface area contributed by atoms with Crippen molar-refractivity contribution in [2.24, 2.45) is 0 Å². The molecule has 0 fully saturated rings. The number of carbonyl (C=O) groups excluding carboxylic acids is 1. The molecule has 1 aromatic heterocycles. The van der Waals surface area contributed by atoms with Crippen LogP contribution in [0, 0.1) is 5.82 Å². The van der Waals surface area contributed by atoms with Crippen LogP contribution in [0.15, 0.2) is 42.7 Å².